The highest BCUT2D eigenvalue weighted by Crippen LogP contribution is 2.22. The third kappa shape index (κ3) is 4.71. The highest BCUT2D eigenvalue weighted by Gasteiger charge is 2.37. The minimum atomic E-state index is -2.15. The summed E-state index contributed by atoms with van der Waals surface area (Å²) in [5.41, 5.74) is 2.05. The van der Waals surface area contributed by atoms with Gasteiger partial charge in [-0.3, -0.25) is 4.90 Å². The molecule has 1 aromatic carbocycles. The van der Waals surface area contributed by atoms with Crippen LogP contribution in [0.25, 0.3) is 0 Å². The smallest absolute Gasteiger partial charge is 0.410 e. The average molecular weight is 416 g/mol. The Morgan fingerprint density at radius 3 is 2.48 bits per heavy atom. The zero-order chi connectivity index (χ0) is 20.2. The van der Waals surface area contributed by atoms with Crippen LogP contribution in [-0.2, 0) is 21.6 Å². The van der Waals surface area contributed by atoms with Crippen molar-refractivity contribution in [2.24, 2.45) is 0 Å². The number of rotatable bonds is 4. The molecule has 0 bridgehead atoms. The second-order valence-electron chi connectivity index (χ2n) is 7.52. The number of likely N-dealkylation sites (tertiary alicyclic amines) is 1. The zero-order valence-electron chi connectivity index (χ0n) is 16.2. The summed E-state index contributed by atoms with van der Waals surface area (Å²) in [7, 11) is -2.15. The number of carbonyl (C=O) groups is 1. The number of hydrogen-bond acceptors (Lipinski definition) is 6. The van der Waals surface area contributed by atoms with E-state index >= 15 is 0 Å². The molecule has 0 saturated carbocycles. The van der Waals surface area contributed by atoms with Gasteiger partial charge in [0.25, 0.3) is 0 Å². The van der Waals surface area contributed by atoms with E-state index in [9.17, 15) is 13.2 Å². The summed E-state index contributed by atoms with van der Waals surface area (Å²) < 4.78 is 27.8. The highest BCUT2D eigenvalue weighted by atomic mass is 32.2. The number of hydrogen-bond donors (Lipinski definition) is 0. The quantitative estimate of drug-likeness (QED) is 0.695. The first kappa shape index (κ1) is 19.7. The largest absolute Gasteiger partial charge is 0.445 e. The minimum absolute atomic E-state index is 0.253. The third-order valence-electron chi connectivity index (χ3n) is 5.70. The SMILES string of the molecule is O=C(OCc1ccccc1)N1CC(N2CCN(C3=CC=CC(=S(=O)=O)C3)CC2)C1. The van der Waals surface area contributed by atoms with Crippen molar-refractivity contribution in [2.75, 3.05) is 39.3 Å². The van der Waals surface area contributed by atoms with Gasteiger partial charge in [-0.1, -0.05) is 36.4 Å². The van der Waals surface area contributed by atoms with Gasteiger partial charge >= 0.3 is 6.09 Å². The first-order chi connectivity index (χ1) is 14.1. The van der Waals surface area contributed by atoms with Crippen LogP contribution in [0.4, 0.5) is 4.79 Å². The van der Waals surface area contributed by atoms with Gasteiger partial charge in [0.05, 0.1) is 4.86 Å². The van der Waals surface area contributed by atoms with E-state index in [1.807, 2.05) is 36.4 Å². The molecule has 2 fully saturated rings. The predicted molar refractivity (Wildman–Crippen MR) is 111 cm³/mol. The Bertz CT molecular complexity index is 933. The molecule has 0 unspecified atom stereocenters. The molecule has 0 radical (unpaired) electrons. The molecule has 2 aliphatic heterocycles. The molecule has 0 aromatic heterocycles. The molecule has 3 aliphatic rings. The highest BCUT2D eigenvalue weighted by molar-refractivity contribution is 7.73. The van der Waals surface area contributed by atoms with Crippen molar-refractivity contribution >= 4 is 21.3 Å². The fourth-order valence-electron chi connectivity index (χ4n) is 3.91. The maximum Gasteiger partial charge on any atom is 0.410 e. The van der Waals surface area contributed by atoms with Gasteiger partial charge in [-0.15, -0.1) is 0 Å². The van der Waals surface area contributed by atoms with Crippen molar-refractivity contribution in [3.8, 4) is 0 Å². The van der Waals surface area contributed by atoms with Crippen LogP contribution in [0.3, 0.4) is 0 Å². The van der Waals surface area contributed by atoms with E-state index in [0.29, 0.717) is 37.0 Å². The summed E-state index contributed by atoms with van der Waals surface area (Å²) in [5.74, 6) is 0. The first-order valence-corrected chi connectivity index (χ1v) is 10.9. The Hall–Kier alpha value is -2.58. The summed E-state index contributed by atoms with van der Waals surface area (Å²) in [5, 5.41) is 0. The van der Waals surface area contributed by atoms with E-state index in [2.05, 4.69) is 9.80 Å². The third-order valence-corrected chi connectivity index (χ3v) is 6.41. The Balaban J connectivity index is 1.20. The van der Waals surface area contributed by atoms with Gasteiger partial charge in [0.15, 0.2) is 0 Å². The van der Waals surface area contributed by atoms with Crippen LogP contribution >= 0.6 is 0 Å². The number of carbonyl (C=O) groups excluding carboxylic acids is 1. The molecule has 29 heavy (non-hydrogen) atoms. The van der Waals surface area contributed by atoms with E-state index < -0.39 is 10.3 Å². The molecule has 0 N–H and O–H groups in total. The standard InChI is InChI=1S/C21H25N3O4S/c25-21(28-16-17-5-2-1-3-6-17)24-14-19(15-24)23-11-9-22(10-12-23)18-7-4-8-20(13-18)29(26)27/h1-8,19H,9-16H2. The van der Waals surface area contributed by atoms with E-state index in [-0.39, 0.29) is 6.09 Å². The summed E-state index contributed by atoms with van der Waals surface area (Å²) in [6.45, 7) is 5.26. The minimum Gasteiger partial charge on any atom is -0.445 e. The molecule has 2 saturated heterocycles. The van der Waals surface area contributed by atoms with Crippen LogP contribution in [0, 0.1) is 0 Å². The molecule has 1 aromatic rings. The lowest BCUT2D eigenvalue weighted by Crippen LogP contribution is -2.64. The number of benzene rings is 1. The Labute approximate surface area is 172 Å². The predicted octanol–water partition coefficient (Wildman–Crippen LogP) is 1.52. The van der Waals surface area contributed by atoms with E-state index in [4.69, 9.17) is 4.74 Å². The molecular formula is C21H25N3O4S. The van der Waals surface area contributed by atoms with Crippen LogP contribution in [0.2, 0.25) is 0 Å². The molecule has 0 spiro atoms. The van der Waals surface area contributed by atoms with Crippen molar-refractivity contribution in [3.63, 3.8) is 0 Å². The van der Waals surface area contributed by atoms with Crippen molar-refractivity contribution in [3.05, 3.63) is 59.8 Å². The van der Waals surface area contributed by atoms with Gasteiger partial charge in [0, 0.05) is 57.4 Å². The average Bonchev–Trinajstić information content (AvgIpc) is 2.72. The maximum atomic E-state index is 12.2. The molecule has 2 heterocycles. The first-order valence-electron chi connectivity index (χ1n) is 9.87. The Morgan fingerprint density at radius 1 is 1.07 bits per heavy atom. The molecule has 4 rings (SSSR count). The fourth-order valence-corrected chi connectivity index (χ4v) is 4.37. The van der Waals surface area contributed by atoms with Gasteiger partial charge in [0.1, 0.15) is 6.61 Å². The summed E-state index contributed by atoms with van der Waals surface area (Å²) in [6, 6.07) is 10.1. The van der Waals surface area contributed by atoms with Gasteiger partial charge in [-0.05, 0) is 17.7 Å². The second-order valence-corrected chi connectivity index (χ2v) is 8.51. The molecule has 7 nitrogen and oxygen atoms in total. The van der Waals surface area contributed by atoms with Crippen LogP contribution < -0.4 is 0 Å². The van der Waals surface area contributed by atoms with Gasteiger partial charge in [-0.2, -0.15) is 8.42 Å². The number of allylic oxidation sites excluding steroid dienone is 4. The Morgan fingerprint density at radius 2 is 1.79 bits per heavy atom. The van der Waals surface area contributed by atoms with Crippen LogP contribution in [0.5, 0.6) is 0 Å². The van der Waals surface area contributed by atoms with Crippen LogP contribution in [0.1, 0.15) is 12.0 Å². The van der Waals surface area contributed by atoms with Crippen LogP contribution in [0.15, 0.2) is 54.3 Å². The number of nitrogens with zero attached hydrogens (tertiary/aromatic N) is 3. The topological polar surface area (TPSA) is 70.2 Å². The van der Waals surface area contributed by atoms with Crippen molar-refractivity contribution in [1.82, 2.24) is 14.7 Å². The molecule has 8 heteroatoms. The molecule has 1 amide bonds. The number of piperazine rings is 1. The maximum absolute atomic E-state index is 12.2. The van der Waals surface area contributed by atoms with E-state index in [1.165, 1.54) is 0 Å². The fraction of sp³-hybridized carbons (Fsp3) is 0.429. The van der Waals surface area contributed by atoms with Gasteiger partial charge < -0.3 is 14.5 Å². The lowest BCUT2D eigenvalue weighted by atomic mass is 10.1. The lowest BCUT2D eigenvalue weighted by molar-refractivity contribution is 0.00362. The summed E-state index contributed by atoms with van der Waals surface area (Å²) in [6.07, 6.45) is 5.68. The van der Waals surface area contributed by atoms with Gasteiger partial charge in [-0.25, -0.2) is 4.79 Å². The summed E-state index contributed by atoms with van der Waals surface area (Å²) in [4.78, 5) is 19.0. The van der Waals surface area contributed by atoms with Crippen molar-refractivity contribution in [2.45, 2.75) is 19.1 Å². The molecule has 154 valence electrons. The molecular weight excluding hydrogens is 390 g/mol. The number of ether oxygens (including phenoxy) is 1. The van der Waals surface area contributed by atoms with E-state index in [0.717, 1.165) is 37.4 Å². The Kier molecular flexibility index (Phi) is 6.01. The monoisotopic (exact) mass is 415 g/mol. The molecule has 0 atom stereocenters. The van der Waals surface area contributed by atoms with Gasteiger partial charge in [0.2, 0.25) is 10.3 Å². The summed E-state index contributed by atoms with van der Waals surface area (Å²) >= 11 is 0. The molecule has 1 aliphatic carbocycles. The van der Waals surface area contributed by atoms with E-state index in [1.54, 1.807) is 17.1 Å². The van der Waals surface area contributed by atoms with Crippen LogP contribution in [-0.4, -0.2) is 79.4 Å². The lowest BCUT2D eigenvalue weighted by Gasteiger charge is -2.48. The normalized spacial score (nSPS) is 20.3. The van der Waals surface area contributed by atoms with Crippen molar-refractivity contribution < 1.29 is 17.9 Å². The zero-order valence-corrected chi connectivity index (χ0v) is 17.1. The van der Waals surface area contributed by atoms with Crippen molar-refractivity contribution in [1.29, 1.82) is 0 Å². The second kappa shape index (κ2) is 8.84. The number of amides is 1.